The molecule has 0 bridgehead atoms. The number of rotatable bonds is 6. The normalized spacial score (nSPS) is 19.0. The molecular formula is C30H31F3N6O2. The van der Waals surface area contributed by atoms with E-state index in [1.54, 1.807) is 31.6 Å². The third-order valence-electron chi connectivity index (χ3n) is 8.11. The van der Waals surface area contributed by atoms with Crippen molar-refractivity contribution in [3.8, 4) is 23.2 Å². The summed E-state index contributed by atoms with van der Waals surface area (Å²) >= 11 is 0. The quantitative estimate of drug-likeness (QED) is 0.474. The fourth-order valence-corrected chi connectivity index (χ4v) is 5.79. The fourth-order valence-electron chi connectivity index (χ4n) is 5.79. The molecule has 0 spiro atoms. The third kappa shape index (κ3) is 5.70. The molecule has 2 aliphatic heterocycles. The van der Waals surface area contributed by atoms with Crippen molar-refractivity contribution < 1.29 is 22.7 Å². The van der Waals surface area contributed by atoms with Gasteiger partial charge in [-0.3, -0.25) is 14.8 Å². The summed E-state index contributed by atoms with van der Waals surface area (Å²) in [6.07, 6.45) is 0.498. The largest absolute Gasteiger partial charge is 0.494 e. The van der Waals surface area contributed by atoms with Crippen molar-refractivity contribution in [1.82, 2.24) is 20.2 Å². The maximum Gasteiger partial charge on any atom is 0.416 e. The molecule has 214 valence electrons. The first kappa shape index (κ1) is 28.4. The zero-order chi connectivity index (χ0) is 29.2. The van der Waals surface area contributed by atoms with Gasteiger partial charge in [0.1, 0.15) is 17.5 Å². The van der Waals surface area contributed by atoms with E-state index in [1.165, 1.54) is 6.07 Å². The summed E-state index contributed by atoms with van der Waals surface area (Å²) in [4.78, 5) is 27.1. The molecule has 2 saturated heterocycles. The molecular weight excluding hydrogens is 533 g/mol. The minimum Gasteiger partial charge on any atom is -0.494 e. The van der Waals surface area contributed by atoms with Gasteiger partial charge in [0.25, 0.3) is 0 Å². The van der Waals surface area contributed by atoms with Crippen molar-refractivity contribution in [2.24, 2.45) is 0 Å². The molecule has 0 aliphatic carbocycles. The number of methoxy groups -OCH3 is 1. The molecule has 0 saturated carbocycles. The number of likely N-dealkylation sites (N-methyl/N-ethyl adjacent to an activating group) is 1. The second-order valence-corrected chi connectivity index (χ2v) is 10.6. The van der Waals surface area contributed by atoms with Crippen LogP contribution in [-0.4, -0.2) is 67.2 Å². The summed E-state index contributed by atoms with van der Waals surface area (Å²) in [6, 6.07) is 12.5. The second kappa shape index (κ2) is 11.4. The van der Waals surface area contributed by atoms with Gasteiger partial charge in [0.05, 0.1) is 35.0 Å². The maximum atomic E-state index is 14.0. The van der Waals surface area contributed by atoms with Crippen LogP contribution in [0.1, 0.15) is 36.0 Å². The minimum atomic E-state index is -4.54. The Hall–Kier alpha value is -4.17. The van der Waals surface area contributed by atoms with Gasteiger partial charge in [0.2, 0.25) is 5.91 Å². The molecule has 4 heterocycles. The molecule has 41 heavy (non-hydrogen) atoms. The molecule has 2 aliphatic rings. The van der Waals surface area contributed by atoms with Gasteiger partial charge in [-0.1, -0.05) is 6.07 Å². The summed E-state index contributed by atoms with van der Waals surface area (Å²) in [5.41, 5.74) is 0.600. The van der Waals surface area contributed by atoms with Crippen molar-refractivity contribution in [2.75, 3.05) is 45.2 Å². The van der Waals surface area contributed by atoms with Crippen LogP contribution >= 0.6 is 0 Å². The lowest BCUT2D eigenvalue weighted by Gasteiger charge is -2.42. The average molecular weight is 565 g/mol. The van der Waals surface area contributed by atoms with Gasteiger partial charge in [0, 0.05) is 38.1 Å². The molecule has 3 aromatic rings. The zero-order valence-electron chi connectivity index (χ0n) is 22.9. The Morgan fingerprint density at radius 1 is 1.15 bits per heavy atom. The Bertz CT molecular complexity index is 1450. The van der Waals surface area contributed by atoms with Crippen LogP contribution in [0.25, 0.3) is 11.4 Å². The number of alkyl halides is 3. The predicted octanol–water partition coefficient (Wildman–Crippen LogP) is 4.40. The van der Waals surface area contributed by atoms with Crippen LogP contribution in [0.5, 0.6) is 5.75 Å². The molecule has 1 N–H and O–H groups in total. The van der Waals surface area contributed by atoms with Gasteiger partial charge in [-0.2, -0.15) is 18.4 Å². The molecule has 8 nitrogen and oxygen atoms in total. The SMILES string of the molecule is COc1cccnc1-c1ccc(C2(C(=O)N[C@H]3CCN(C)C3)CCN(c3ccc(C(F)(F)F)cc3C#N)CC2)cn1. The number of halogens is 3. The highest BCUT2D eigenvalue weighted by molar-refractivity contribution is 5.89. The highest BCUT2D eigenvalue weighted by atomic mass is 19.4. The summed E-state index contributed by atoms with van der Waals surface area (Å²) in [5.74, 6) is 0.499. The van der Waals surface area contributed by atoms with Crippen molar-refractivity contribution in [3.63, 3.8) is 0 Å². The molecule has 1 amide bonds. The van der Waals surface area contributed by atoms with Crippen molar-refractivity contribution in [2.45, 2.75) is 36.9 Å². The number of ether oxygens (including phenoxy) is 1. The van der Waals surface area contributed by atoms with Crippen LogP contribution in [0.2, 0.25) is 0 Å². The van der Waals surface area contributed by atoms with E-state index in [-0.39, 0.29) is 17.5 Å². The molecule has 2 aromatic heterocycles. The number of anilines is 1. The minimum absolute atomic E-state index is 0.0347. The Balaban J connectivity index is 1.44. The van der Waals surface area contributed by atoms with E-state index in [9.17, 15) is 23.2 Å². The summed E-state index contributed by atoms with van der Waals surface area (Å²) < 4.78 is 45.1. The fraction of sp³-hybridized carbons (Fsp3) is 0.400. The highest BCUT2D eigenvalue weighted by Crippen LogP contribution is 2.40. The third-order valence-corrected chi connectivity index (χ3v) is 8.11. The van der Waals surface area contributed by atoms with Gasteiger partial charge in [-0.25, -0.2) is 0 Å². The van der Waals surface area contributed by atoms with E-state index < -0.39 is 17.2 Å². The van der Waals surface area contributed by atoms with Gasteiger partial charge in [0.15, 0.2) is 0 Å². The maximum absolute atomic E-state index is 14.0. The summed E-state index contributed by atoms with van der Waals surface area (Å²) in [5, 5.41) is 12.9. The number of pyridine rings is 2. The zero-order valence-corrected chi connectivity index (χ0v) is 22.9. The monoisotopic (exact) mass is 564 g/mol. The van der Waals surface area contributed by atoms with E-state index in [1.807, 2.05) is 30.1 Å². The highest BCUT2D eigenvalue weighted by Gasteiger charge is 2.44. The van der Waals surface area contributed by atoms with Crippen LogP contribution < -0.4 is 15.0 Å². The van der Waals surface area contributed by atoms with E-state index in [2.05, 4.69) is 20.2 Å². The van der Waals surface area contributed by atoms with Crippen LogP contribution in [0.4, 0.5) is 18.9 Å². The first-order valence-electron chi connectivity index (χ1n) is 13.5. The van der Waals surface area contributed by atoms with Gasteiger partial charge < -0.3 is 19.9 Å². The van der Waals surface area contributed by atoms with Crippen molar-refractivity contribution in [1.29, 1.82) is 5.26 Å². The smallest absolute Gasteiger partial charge is 0.416 e. The number of hydrogen-bond donors (Lipinski definition) is 1. The molecule has 0 radical (unpaired) electrons. The number of amides is 1. The van der Waals surface area contributed by atoms with E-state index in [0.29, 0.717) is 48.8 Å². The number of piperidine rings is 1. The van der Waals surface area contributed by atoms with E-state index >= 15 is 0 Å². The Morgan fingerprint density at radius 3 is 2.54 bits per heavy atom. The number of nitriles is 1. The lowest BCUT2D eigenvalue weighted by Crippen LogP contribution is -2.54. The molecule has 0 unspecified atom stereocenters. The predicted molar refractivity (Wildman–Crippen MR) is 147 cm³/mol. The summed E-state index contributed by atoms with van der Waals surface area (Å²) in [7, 11) is 3.59. The first-order valence-corrected chi connectivity index (χ1v) is 13.5. The first-order chi connectivity index (χ1) is 19.6. The van der Waals surface area contributed by atoms with Crippen molar-refractivity contribution in [3.05, 3.63) is 71.5 Å². The van der Waals surface area contributed by atoms with Gasteiger partial charge >= 0.3 is 6.18 Å². The van der Waals surface area contributed by atoms with E-state index in [4.69, 9.17) is 4.74 Å². The Labute approximate surface area is 236 Å². The van der Waals surface area contributed by atoms with Crippen LogP contribution in [0.3, 0.4) is 0 Å². The topological polar surface area (TPSA) is 94.4 Å². The van der Waals surface area contributed by atoms with E-state index in [0.717, 1.165) is 37.2 Å². The average Bonchev–Trinajstić information content (AvgIpc) is 3.40. The lowest BCUT2D eigenvalue weighted by atomic mass is 9.72. The molecule has 1 aromatic carbocycles. The summed E-state index contributed by atoms with van der Waals surface area (Å²) in [6.45, 7) is 2.43. The number of benzene rings is 1. The molecule has 2 fully saturated rings. The standard InChI is InChI=1S/C30H31F3N6O2/c1-38-13-9-23(19-38)37-28(40)29(22-5-7-24(36-18-22)27-26(41-2)4-3-12-35-27)10-14-39(15-11-29)25-8-6-21(30(31,32)33)16-20(25)17-34/h3-8,12,16,18,23H,9-11,13-15,19H2,1-2H3,(H,37,40)/t23-/m0/s1. The number of hydrogen-bond acceptors (Lipinski definition) is 7. The molecule has 11 heteroatoms. The lowest BCUT2D eigenvalue weighted by molar-refractivity contribution is -0.137. The van der Waals surface area contributed by atoms with Crippen LogP contribution in [-0.2, 0) is 16.4 Å². The van der Waals surface area contributed by atoms with Crippen LogP contribution in [0, 0.1) is 11.3 Å². The number of aromatic nitrogens is 2. The van der Waals surface area contributed by atoms with Crippen molar-refractivity contribution >= 4 is 11.6 Å². The number of carbonyl (C=O) groups excluding carboxylic acids is 1. The Morgan fingerprint density at radius 2 is 1.93 bits per heavy atom. The second-order valence-electron chi connectivity index (χ2n) is 10.6. The van der Waals surface area contributed by atoms with Gasteiger partial charge in [-0.15, -0.1) is 0 Å². The number of nitrogens with one attached hydrogen (secondary N) is 1. The van der Waals surface area contributed by atoms with Crippen LogP contribution in [0.15, 0.2) is 54.9 Å². The number of nitrogens with zero attached hydrogens (tertiary/aromatic N) is 5. The molecule has 5 rings (SSSR count). The Kier molecular flexibility index (Phi) is 7.87. The van der Waals surface area contributed by atoms with Gasteiger partial charge in [-0.05, 0) is 74.8 Å². The molecule has 1 atom stereocenters. The number of carbonyl (C=O) groups is 1. The number of likely N-dealkylation sites (tertiary alicyclic amines) is 1.